The first kappa shape index (κ1) is 13.0. The average molecular weight is 241 g/mol. The number of methoxy groups -OCH3 is 1. The fourth-order valence-corrected chi connectivity index (χ4v) is 1.64. The van der Waals surface area contributed by atoms with Crippen LogP contribution < -0.4 is 4.74 Å². The number of hydrogen-bond donors (Lipinski definition) is 0. The van der Waals surface area contributed by atoms with Gasteiger partial charge in [0.1, 0.15) is 5.75 Å². The molecule has 16 heavy (non-hydrogen) atoms. The van der Waals surface area contributed by atoms with Gasteiger partial charge in [-0.05, 0) is 24.1 Å². The molecule has 0 aliphatic carbocycles. The third kappa shape index (κ3) is 3.24. The van der Waals surface area contributed by atoms with E-state index >= 15 is 0 Å². The van der Waals surface area contributed by atoms with Crippen LogP contribution >= 0.6 is 11.6 Å². The van der Waals surface area contributed by atoms with Gasteiger partial charge in [-0.2, -0.15) is 0 Å². The molecule has 0 saturated carbocycles. The molecule has 1 atom stereocenters. The van der Waals surface area contributed by atoms with Crippen LogP contribution in [0.3, 0.4) is 0 Å². The number of rotatable bonds is 5. The van der Waals surface area contributed by atoms with E-state index in [-0.39, 0.29) is 5.78 Å². The molecule has 2 nitrogen and oxygen atoms in total. The molecule has 0 bridgehead atoms. The second kappa shape index (κ2) is 5.90. The lowest BCUT2D eigenvalue weighted by Gasteiger charge is -2.10. The van der Waals surface area contributed by atoms with E-state index in [1.807, 2.05) is 0 Å². The van der Waals surface area contributed by atoms with Gasteiger partial charge in [0.2, 0.25) is 0 Å². The minimum Gasteiger partial charge on any atom is -0.496 e. The lowest BCUT2D eigenvalue weighted by atomic mass is 9.97. The number of carbonyl (C=O) groups is 1. The molecule has 3 heteroatoms. The monoisotopic (exact) mass is 240 g/mol. The maximum absolute atomic E-state index is 12.0. The van der Waals surface area contributed by atoms with Gasteiger partial charge < -0.3 is 4.74 Å². The third-order valence-corrected chi connectivity index (χ3v) is 2.93. The minimum absolute atomic E-state index is 0.0914. The Morgan fingerprint density at radius 1 is 1.50 bits per heavy atom. The minimum atomic E-state index is 0.0914. The molecular formula is C13H17ClO2. The van der Waals surface area contributed by atoms with Crippen LogP contribution in [0, 0.1) is 5.92 Å². The highest BCUT2D eigenvalue weighted by Gasteiger charge is 2.15. The Kier molecular flexibility index (Phi) is 4.81. The number of ketones is 1. The highest BCUT2D eigenvalue weighted by atomic mass is 35.5. The normalized spacial score (nSPS) is 12.2. The Morgan fingerprint density at radius 3 is 2.75 bits per heavy atom. The van der Waals surface area contributed by atoms with Gasteiger partial charge in [0.05, 0.1) is 12.7 Å². The van der Waals surface area contributed by atoms with E-state index in [1.165, 1.54) is 0 Å². The zero-order valence-corrected chi connectivity index (χ0v) is 10.7. The highest BCUT2D eigenvalue weighted by molar-refractivity contribution is 6.31. The molecule has 0 saturated heterocycles. The van der Waals surface area contributed by atoms with Crippen LogP contribution in [0.5, 0.6) is 5.75 Å². The van der Waals surface area contributed by atoms with Gasteiger partial charge in [0, 0.05) is 11.4 Å². The SMILES string of the molecule is CCC(C)CC(=O)c1cc(Cl)ccc1OC. The maximum atomic E-state index is 12.0. The molecule has 0 fully saturated rings. The first-order chi connectivity index (χ1) is 7.58. The first-order valence-corrected chi connectivity index (χ1v) is 5.83. The van der Waals surface area contributed by atoms with Crippen molar-refractivity contribution in [3.63, 3.8) is 0 Å². The van der Waals surface area contributed by atoms with Crippen LogP contribution in [0.2, 0.25) is 5.02 Å². The predicted molar refractivity (Wildman–Crippen MR) is 66.4 cm³/mol. The van der Waals surface area contributed by atoms with E-state index in [0.29, 0.717) is 28.7 Å². The molecule has 88 valence electrons. The van der Waals surface area contributed by atoms with Crippen LogP contribution in [-0.2, 0) is 0 Å². The van der Waals surface area contributed by atoms with Gasteiger partial charge in [0.25, 0.3) is 0 Å². The van der Waals surface area contributed by atoms with Crippen molar-refractivity contribution in [3.8, 4) is 5.75 Å². The summed E-state index contributed by atoms with van der Waals surface area (Å²) in [6, 6.07) is 5.12. The Hall–Kier alpha value is -1.02. The standard InChI is InChI=1S/C13H17ClO2/c1-4-9(2)7-12(15)11-8-10(14)5-6-13(11)16-3/h5-6,8-9H,4,7H2,1-3H3. The highest BCUT2D eigenvalue weighted by Crippen LogP contribution is 2.25. The van der Waals surface area contributed by atoms with Crippen molar-refractivity contribution in [1.29, 1.82) is 0 Å². The Morgan fingerprint density at radius 2 is 2.19 bits per heavy atom. The van der Waals surface area contributed by atoms with Crippen molar-refractivity contribution in [2.75, 3.05) is 7.11 Å². The number of carbonyl (C=O) groups excluding carboxylic acids is 1. The van der Waals surface area contributed by atoms with Crippen molar-refractivity contribution in [2.45, 2.75) is 26.7 Å². The van der Waals surface area contributed by atoms with Crippen molar-refractivity contribution >= 4 is 17.4 Å². The molecule has 0 aromatic heterocycles. The zero-order chi connectivity index (χ0) is 12.1. The first-order valence-electron chi connectivity index (χ1n) is 5.45. The van der Waals surface area contributed by atoms with Crippen LogP contribution in [-0.4, -0.2) is 12.9 Å². The molecule has 0 heterocycles. The number of benzene rings is 1. The van der Waals surface area contributed by atoms with E-state index in [0.717, 1.165) is 6.42 Å². The topological polar surface area (TPSA) is 26.3 Å². The van der Waals surface area contributed by atoms with E-state index in [1.54, 1.807) is 25.3 Å². The number of hydrogen-bond acceptors (Lipinski definition) is 2. The third-order valence-electron chi connectivity index (χ3n) is 2.69. The molecule has 0 radical (unpaired) electrons. The quantitative estimate of drug-likeness (QED) is 0.728. The summed E-state index contributed by atoms with van der Waals surface area (Å²) in [6.07, 6.45) is 1.53. The summed E-state index contributed by atoms with van der Waals surface area (Å²) in [4.78, 5) is 12.0. The summed E-state index contributed by atoms with van der Waals surface area (Å²) in [5, 5.41) is 0.563. The van der Waals surface area contributed by atoms with Gasteiger partial charge in [-0.15, -0.1) is 0 Å². The van der Waals surface area contributed by atoms with Crippen molar-refractivity contribution in [1.82, 2.24) is 0 Å². The molecule has 0 N–H and O–H groups in total. The number of ether oxygens (including phenoxy) is 1. The Bertz CT molecular complexity index is 374. The molecule has 1 rings (SSSR count). The summed E-state index contributed by atoms with van der Waals surface area (Å²) in [7, 11) is 1.56. The lowest BCUT2D eigenvalue weighted by Crippen LogP contribution is -2.07. The summed E-state index contributed by atoms with van der Waals surface area (Å²) in [6.45, 7) is 4.14. The Labute approximate surface area is 102 Å². The van der Waals surface area contributed by atoms with Gasteiger partial charge in [-0.1, -0.05) is 31.9 Å². The molecule has 0 aliphatic heterocycles. The van der Waals surface area contributed by atoms with Crippen LogP contribution in [0.15, 0.2) is 18.2 Å². The van der Waals surface area contributed by atoms with Crippen molar-refractivity contribution < 1.29 is 9.53 Å². The second-order valence-electron chi connectivity index (χ2n) is 3.99. The summed E-state index contributed by atoms with van der Waals surface area (Å²) < 4.78 is 5.16. The van der Waals surface area contributed by atoms with Crippen LogP contribution in [0.1, 0.15) is 37.0 Å². The van der Waals surface area contributed by atoms with E-state index < -0.39 is 0 Å². The van der Waals surface area contributed by atoms with Crippen LogP contribution in [0.25, 0.3) is 0 Å². The predicted octanol–water partition coefficient (Wildman–Crippen LogP) is 3.97. The largest absolute Gasteiger partial charge is 0.496 e. The lowest BCUT2D eigenvalue weighted by molar-refractivity contribution is 0.0960. The summed E-state index contributed by atoms with van der Waals surface area (Å²) in [5.74, 6) is 1.07. The van der Waals surface area contributed by atoms with Gasteiger partial charge in [-0.25, -0.2) is 0 Å². The molecule has 0 aliphatic rings. The molecular weight excluding hydrogens is 224 g/mol. The van der Waals surface area contributed by atoms with Gasteiger partial charge in [-0.3, -0.25) is 4.79 Å². The fraction of sp³-hybridized carbons (Fsp3) is 0.462. The van der Waals surface area contributed by atoms with Crippen molar-refractivity contribution in [3.05, 3.63) is 28.8 Å². The zero-order valence-electron chi connectivity index (χ0n) is 9.92. The smallest absolute Gasteiger partial charge is 0.166 e. The van der Waals surface area contributed by atoms with Gasteiger partial charge >= 0.3 is 0 Å². The Balaban J connectivity index is 2.93. The molecule has 1 aromatic carbocycles. The second-order valence-corrected chi connectivity index (χ2v) is 4.42. The van der Waals surface area contributed by atoms with E-state index in [9.17, 15) is 4.79 Å². The molecule has 0 spiro atoms. The average Bonchev–Trinajstić information content (AvgIpc) is 2.28. The number of Topliss-reactive ketones (excluding diaryl/α,β-unsaturated/α-hetero) is 1. The number of halogens is 1. The van der Waals surface area contributed by atoms with Crippen LogP contribution in [0.4, 0.5) is 0 Å². The van der Waals surface area contributed by atoms with E-state index in [4.69, 9.17) is 16.3 Å². The summed E-state index contributed by atoms with van der Waals surface area (Å²) >= 11 is 5.88. The molecule has 1 unspecified atom stereocenters. The van der Waals surface area contributed by atoms with Gasteiger partial charge in [0.15, 0.2) is 5.78 Å². The summed E-state index contributed by atoms with van der Waals surface area (Å²) in [5.41, 5.74) is 0.579. The van der Waals surface area contributed by atoms with E-state index in [2.05, 4.69) is 13.8 Å². The van der Waals surface area contributed by atoms with Crippen molar-refractivity contribution in [2.24, 2.45) is 5.92 Å². The fourth-order valence-electron chi connectivity index (χ4n) is 1.47. The molecule has 1 aromatic rings. The maximum Gasteiger partial charge on any atom is 0.166 e. The molecule has 0 amide bonds.